The maximum atomic E-state index is 11.6. The number of rotatable bonds is 1. The molecule has 128 valence electrons. The maximum Gasteiger partial charge on any atom is 0.407 e. The molecule has 0 aromatic heterocycles. The zero-order valence-corrected chi connectivity index (χ0v) is 14.6. The fourth-order valence-electron chi connectivity index (χ4n) is 4.00. The predicted molar refractivity (Wildman–Crippen MR) is 98.3 cm³/mol. The van der Waals surface area contributed by atoms with Gasteiger partial charge in [-0.2, -0.15) is 0 Å². The van der Waals surface area contributed by atoms with E-state index in [0.717, 1.165) is 23.9 Å². The zero-order valence-electron chi connectivity index (χ0n) is 14.6. The lowest BCUT2D eigenvalue weighted by atomic mass is 9.74. The van der Waals surface area contributed by atoms with Crippen LogP contribution in [-0.4, -0.2) is 28.7 Å². The number of carboxylic acid groups (broad SMARTS) is 1. The van der Waals surface area contributed by atoms with Gasteiger partial charge in [0, 0.05) is 23.7 Å². The number of hydrogen-bond acceptors (Lipinski definition) is 2. The first-order valence-corrected chi connectivity index (χ1v) is 8.55. The fraction of sp³-hybridized carbons (Fsp3) is 0.450. The third kappa shape index (κ3) is 2.93. The molecule has 0 bridgehead atoms. The van der Waals surface area contributed by atoms with Gasteiger partial charge in [0.1, 0.15) is 0 Å². The Kier molecular flexibility index (Phi) is 4.16. The highest BCUT2D eigenvalue weighted by molar-refractivity contribution is 5.95. The number of carbonyl (C=O) groups is 1. The van der Waals surface area contributed by atoms with E-state index >= 15 is 0 Å². The molecule has 2 unspecified atom stereocenters. The van der Waals surface area contributed by atoms with E-state index in [4.69, 9.17) is 5.73 Å². The molecule has 4 heteroatoms. The molecule has 1 aliphatic rings. The number of anilines is 1. The van der Waals surface area contributed by atoms with Gasteiger partial charge in [-0.3, -0.25) is 0 Å². The van der Waals surface area contributed by atoms with Crippen LogP contribution in [0.2, 0.25) is 0 Å². The van der Waals surface area contributed by atoms with E-state index < -0.39 is 6.09 Å². The number of amides is 1. The molecule has 0 spiro atoms. The number of hydrogen-bond donors (Lipinski definition) is 2. The molecule has 1 fully saturated rings. The molecule has 1 amide bonds. The average molecular weight is 326 g/mol. The molecule has 4 nitrogen and oxygen atoms in total. The number of nitrogens with zero attached hydrogens (tertiary/aromatic N) is 1. The van der Waals surface area contributed by atoms with Gasteiger partial charge < -0.3 is 15.7 Å². The Balaban J connectivity index is 2.00. The second-order valence-corrected chi connectivity index (χ2v) is 7.87. The minimum Gasteiger partial charge on any atom is -0.465 e. The van der Waals surface area contributed by atoms with E-state index in [9.17, 15) is 9.90 Å². The van der Waals surface area contributed by atoms with E-state index in [0.29, 0.717) is 12.5 Å². The van der Waals surface area contributed by atoms with Crippen LogP contribution in [0.15, 0.2) is 36.4 Å². The number of piperidine rings is 1. The van der Waals surface area contributed by atoms with E-state index in [1.54, 1.807) is 4.90 Å². The number of fused-ring (bicyclic) bond motifs is 1. The van der Waals surface area contributed by atoms with Gasteiger partial charge in [0.05, 0.1) is 0 Å². The van der Waals surface area contributed by atoms with Gasteiger partial charge >= 0.3 is 6.09 Å². The number of benzene rings is 2. The van der Waals surface area contributed by atoms with Crippen LogP contribution in [-0.2, 0) is 0 Å². The highest BCUT2D eigenvalue weighted by Crippen LogP contribution is 2.41. The predicted octanol–water partition coefficient (Wildman–Crippen LogP) is 4.69. The molecule has 0 radical (unpaired) electrons. The van der Waals surface area contributed by atoms with Crippen LogP contribution < -0.4 is 5.73 Å². The lowest BCUT2D eigenvalue weighted by Gasteiger charge is -2.45. The summed E-state index contributed by atoms with van der Waals surface area (Å²) >= 11 is 0. The van der Waals surface area contributed by atoms with E-state index in [1.807, 2.05) is 18.2 Å². The van der Waals surface area contributed by atoms with Crippen molar-refractivity contribution in [3.63, 3.8) is 0 Å². The summed E-state index contributed by atoms with van der Waals surface area (Å²) in [7, 11) is 0. The molecule has 1 aliphatic heterocycles. The summed E-state index contributed by atoms with van der Waals surface area (Å²) in [6.07, 6.45) is 0.895. The second-order valence-electron chi connectivity index (χ2n) is 7.87. The van der Waals surface area contributed by atoms with Gasteiger partial charge in [-0.1, -0.05) is 51.1 Å². The van der Waals surface area contributed by atoms with Gasteiger partial charge in [-0.25, -0.2) is 4.79 Å². The smallest absolute Gasteiger partial charge is 0.407 e. The Hall–Kier alpha value is -2.23. The normalized spacial score (nSPS) is 21.9. The second kappa shape index (κ2) is 6.00. The molecule has 0 aliphatic carbocycles. The monoisotopic (exact) mass is 326 g/mol. The molecule has 3 rings (SSSR count). The van der Waals surface area contributed by atoms with Gasteiger partial charge in [-0.05, 0) is 41.2 Å². The van der Waals surface area contributed by atoms with Crippen molar-refractivity contribution in [1.29, 1.82) is 0 Å². The summed E-state index contributed by atoms with van der Waals surface area (Å²) in [5, 5.41) is 11.8. The number of nitrogens with two attached hydrogens (primary N) is 1. The van der Waals surface area contributed by atoms with Crippen molar-refractivity contribution in [2.24, 2.45) is 5.41 Å². The summed E-state index contributed by atoms with van der Waals surface area (Å²) in [5.74, 6) is 0.357. The van der Waals surface area contributed by atoms with E-state index in [-0.39, 0.29) is 11.5 Å². The molecular formula is C20H26N2O2. The van der Waals surface area contributed by atoms with E-state index in [1.165, 1.54) is 10.9 Å². The summed E-state index contributed by atoms with van der Waals surface area (Å²) in [6, 6.07) is 12.3. The molecule has 1 saturated heterocycles. The third-order valence-electron chi connectivity index (χ3n) is 5.28. The summed E-state index contributed by atoms with van der Waals surface area (Å²) < 4.78 is 0. The zero-order chi connectivity index (χ0) is 17.5. The first-order chi connectivity index (χ1) is 11.3. The molecule has 24 heavy (non-hydrogen) atoms. The van der Waals surface area contributed by atoms with Crippen molar-refractivity contribution in [1.82, 2.24) is 4.90 Å². The fourth-order valence-corrected chi connectivity index (χ4v) is 4.00. The number of likely N-dealkylation sites (tertiary alicyclic amines) is 1. The summed E-state index contributed by atoms with van der Waals surface area (Å²) in [6.45, 7) is 6.95. The molecule has 2 atom stereocenters. The molecule has 3 N–H and O–H groups in total. The van der Waals surface area contributed by atoms with Gasteiger partial charge in [0.15, 0.2) is 0 Å². The first kappa shape index (κ1) is 16.6. The lowest BCUT2D eigenvalue weighted by Crippen LogP contribution is -2.51. The first-order valence-electron chi connectivity index (χ1n) is 8.55. The van der Waals surface area contributed by atoms with Crippen molar-refractivity contribution < 1.29 is 9.90 Å². The van der Waals surface area contributed by atoms with Crippen LogP contribution >= 0.6 is 0 Å². The quantitative estimate of drug-likeness (QED) is 0.747. The largest absolute Gasteiger partial charge is 0.465 e. The van der Waals surface area contributed by atoms with E-state index in [2.05, 4.69) is 39.0 Å². The van der Waals surface area contributed by atoms with Crippen molar-refractivity contribution >= 4 is 22.6 Å². The Morgan fingerprint density at radius 3 is 2.46 bits per heavy atom. The minimum absolute atomic E-state index is 0.0186. The molecule has 2 aromatic rings. The Morgan fingerprint density at radius 1 is 1.17 bits per heavy atom. The van der Waals surface area contributed by atoms with Crippen LogP contribution in [0.1, 0.15) is 45.1 Å². The standard InChI is InChI=1S/C20H26N2O2/c1-20(2,3)18-12-13(10-11-22(18)19(23)24)14-8-9-17(21)16-7-5-4-6-15(14)16/h4-9,13,18H,10-12,21H2,1-3H3,(H,23,24). The van der Waals surface area contributed by atoms with Crippen LogP contribution in [0.4, 0.5) is 10.5 Å². The highest BCUT2D eigenvalue weighted by atomic mass is 16.4. The minimum atomic E-state index is -0.810. The molecule has 2 aromatic carbocycles. The Labute approximate surface area is 143 Å². The molecule has 1 heterocycles. The van der Waals surface area contributed by atoms with Crippen LogP contribution in [0.25, 0.3) is 10.8 Å². The molecular weight excluding hydrogens is 300 g/mol. The van der Waals surface area contributed by atoms with Gasteiger partial charge in [0.25, 0.3) is 0 Å². The van der Waals surface area contributed by atoms with Crippen molar-refractivity contribution in [3.05, 3.63) is 42.0 Å². The number of nitrogen functional groups attached to an aromatic ring is 1. The van der Waals surface area contributed by atoms with Crippen molar-refractivity contribution in [3.8, 4) is 0 Å². The molecule has 0 saturated carbocycles. The summed E-state index contributed by atoms with van der Waals surface area (Å²) in [5.41, 5.74) is 8.13. The van der Waals surface area contributed by atoms with Crippen LogP contribution in [0.3, 0.4) is 0 Å². The Bertz CT molecular complexity index is 764. The summed E-state index contributed by atoms with van der Waals surface area (Å²) in [4.78, 5) is 13.2. The van der Waals surface area contributed by atoms with Gasteiger partial charge in [0.2, 0.25) is 0 Å². The Morgan fingerprint density at radius 2 is 1.83 bits per heavy atom. The third-order valence-corrected chi connectivity index (χ3v) is 5.28. The van der Waals surface area contributed by atoms with Crippen molar-refractivity contribution in [2.75, 3.05) is 12.3 Å². The SMILES string of the molecule is CC(C)(C)C1CC(c2ccc(N)c3ccccc23)CCN1C(=O)O. The lowest BCUT2D eigenvalue weighted by molar-refractivity contribution is 0.0527. The van der Waals surface area contributed by atoms with Crippen molar-refractivity contribution in [2.45, 2.75) is 45.6 Å². The topological polar surface area (TPSA) is 66.6 Å². The average Bonchev–Trinajstić information content (AvgIpc) is 2.54. The highest BCUT2D eigenvalue weighted by Gasteiger charge is 2.39. The van der Waals surface area contributed by atoms with Crippen LogP contribution in [0, 0.1) is 5.41 Å². The van der Waals surface area contributed by atoms with Crippen LogP contribution in [0.5, 0.6) is 0 Å². The van der Waals surface area contributed by atoms with Gasteiger partial charge in [-0.15, -0.1) is 0 Å². The maximum absolute atomic E-state index is 11.6.